The van der Waals surface area contributed by atoms with Gasteiger partial charge in [0.05, 0.1) is 19.8 Å². The van der Waals surface area contributed by atoms with Crippen LogP contribution in [0.25, 0.3) is 0 Å². The molecule has 0 bridgehead atoms. The molecule has 0 aromatic heterocycles. The van der Waals surface area contributed by atoms with Gasteiger partial charge in [0.15, 0.2) is 0 Å². The van der Waals surface area contributed by atoms with E-state index in [-0.39, 0.29) is 6.10 Å². The van der Waals surface area contributed by atoms with E-state index < -0.39 is 0 Å². The number of hydrogen-bond donors (Lipinski definition) is 0. The number of hydrogen-bond acceptors (Lipinski definition) is 3. The average molecular weight is 637 g/mol. The summed E-state index contributed by atoms with van der Waals surface area (Å²) in [6, 6.07) is 0. The van der Waals surface area contributed by atoms with Crippen LogP contribution in [0.4, 0.5) is 0 Å². The molecule has 0 saturated carbocycles. The molecule has 3 nitrogen and oxygen atoms in total. The zero-order chi connectivity index (χ0) is 32.6. The van der Waals surface area contributed by atoms with Gasteiger partial charge >= 0.3 is 0 Å². The normalized spacial score (nSPS) is 12.2. The Morgan fingerprint density at radius 3 is 1.00 bits per heavy atom. The van der Waals surface area contributed by atoms with Crippen molar-refractivity contribution in [2.75, 3.05) is 33.0 Å². The van der Waals surface area contributed by atoms with Gasteiger partial charge < -0.3 is 14.2 Å². The SMILES string of the molecule is C=CCOCC(COCCCCCCCCCCCCCCCCCC)OCCCCCCCCCCCCCCCCCC. The summed E-state index contributed by atoms with van der Waals surface area (Å²) in [5.74, 6) is 0. The fraction of sp³-hybridized carbons (Fsp3) is 0.952. The summed E-state index contributed by atoms with van der Waals surface area (Å²) < 4.78 is 17.8. The van der Waals surface area contributed by atoms with E-state index in [0.29, 0.717) is 19.8 Å². The predicted molar refractivity (Wildman–Crippen MR) is 201 cm³/mol. The highest BCUT2D eigenvalue weighted by Crippen LogP contribution is 2.15. The van der Waals surface area contributed by atoms with Crippen LogP contribution in [0.5, 0.6) is 0 Å². The van der Waals surface area contributed by atoms with Crippen molar-refractivity contribution in [3.8, 4) is 0 Å². The molecular weight excluding hydrogens is 552 g/mol. The van der Waals surface area contributed by atoms with Crippen molar-refractivity contribution >= 4 is 0 Å². The summed E-state index contributed by atoms with van der Waals surface area (Å²) >= 11 is 0. The van der Waals surface area contributed by atoms with Gasteiger partial charge in [0, 0.05) is 13.2 Å². The molecule has 0 spiro atoms. The van der Waals surface area contributed by atoms with Crippen molar-refractivity contribution in [1.29, 1.82) is 0 Å². The summed E-state index contributed by atoms with van der Waals surface area (Å²) in [4.78, 5) is 0. The molecule has 270 valence electrons. The minimum Gasteiger partial charge on any atom is -0.379 e. The molecule has 0 aliphatic carbocycles. The highest BCUT2D eigenvalue weighted by Gasteiger charge is 2.10. The maximum Gasteiger partial charge on any atom is 0.104 e. The molecule has 0 radical (unpaired) electrons. The third-order valence-electron chi connectivity index (χ3n) is 9.34. The van der Waals surface area contributed by atoms with Crippen molar-refractivity contribution < 1.29 is 14.2 Å². The Balaban J connectivity index is 3.51. The van der Waals surface area contributed by atoms with Crippen molar-refractivity contribution in [1.82, 2.24) is 0 Å². The van der Waals surface area contributed by atoms with Gasteiger partial charge in [-0.15, -0.1) is 6.58 Å². The van der Waals surface area contributed by atoms with Crippen LogP contribution in [-0.4, -0.2) is 39.1 Å². The molecule has 0 aliphatic rings. The Kier molecular flexibility index (Phi) is 41.3. The van der Waals surface area contributed by atoms with E-state index >= 15 is 0 Å². The van der Waals surface area contributed by atoms with E-state index in [1.807, 2.05) is 6.08 Å². The van der Waals surface area contributed by atoms with Gasteiger partial charge in [-0.25, -0.2) is 0 Å². The molecule has 0 fully saturated rings. The van der Waals surface area contributed by atoms with Crippen LogP contribution >= 0.6 is 0 Å². The third kappa shape index (κ3) is 39.7. The molecule has 3 heteroatoms. The van der Waals surface area contributed by atoms with Gasteiger partial charge in [-0.1, -0.05) is 213 Å². The van der Waals surface area contributed by atoms with Crippen molar-refractivity contribution in [3.63, 3.8) is 0 Å². The second kappa shape index (κ2) is 41.6. The van der Waals surface area contributed by atoms with Gasteiger partial charge in [0.1, 0.15) is 6.10 Å². The van der Waals surface area contributed by atoms with E-state index in [4.69, 9.17) is 14.2 Å². The van der Waals surface area contributed by atoms with E-state index in [1.54, 1.807) is 0 Å². The summed E-state index contributed by atoms with van der Waals surface area (Å²) in [6.45, 7) is 11.9. The monoisotopic (exact) mass is 637 g/mol. The third-order valence-corrected chi connectivity index (χ3v) is 9.34. The van der Waals surface area contributed by atoms with Gasteiger partial charge in [0.25, 0.3) is 0 Å². The first kappa shape index (κ1) is 44.6. The van der Waals surface area contributed by atoms with E-state index in [2.05, 4.69) is 20.4 Å². The lowest BCUT2D eigenvalue weighted by molar-refractivity contribution is -0.0573. The number of rotatable bonds is 41. The van der Waals surface area contributed by atoms with Crippen LogP contribution < -0.4 is 0 Å². The van der Waals surface area contributed by atoms with Crippen molar-refractivity contribution in [3.05, 3.63) is 12.7 Å². The predicted octanol–water partition coefficient (Wildman–Crippen LogP) is 14.1. The van der Waals surface area contributed by atoms with Crippen LogP contribution in [0.1, 0.15) is 219 Å². The first-order valence-electron chi connectivity index (χ1n) is 20.7. The number of ether oxygens (including phenoxy) is 3. The van der Waals surface area contributed by atoms with E-state index in [1.165, 1.54) is 193 Å². The van der Waals surface area contributed by atoms with Crippen molar-refractivity contribution in [2.24, 2.45) is 0 Å². The Morgan fingerprint density at radius 2 is 0.667 bits per heavy atom. The van der Waals surface area contributed by atoms with Crippen LogP contribution in [0, 0.1) is 0 Å². The molecular formula is C42H84O3. The molecule has 1 unspecified atom stereocenters. The highest BCUT2D eigenvalue weighted by atomic mass is 16.6. The van der Waals surface area contributed by atoms with Crippen LogP contribution in [0.3, 0.4) is 0 Å². The number of unbranched alkanes of at least 4 members (excludes halogenated alkanes) is 30. The first-order valence-corrected chi connectivity index (χ1v) is 20.7. The standard InChI is InChI=1S/C42H84O3/c1-4-7-9-11-13-15-17-19-21-23-25-27-29-31-33-35-38-44-41-42(40-43-37-6-3)45-39-36-34-32-30-28-26-24-22-20-18-16-14-12-10-8-5-2/h6,42H,3-5,7-41H2,1-2H3. The van der Waals surface area contributed by atoms with E-state index in [9.17, 15) is 0 Å². The summed E-state index contributed by atoms with van der Waals surface area (Å²) in [5, 5.41) is 0. The largest absolute Gasteiger partial charge is 0.379 e. The first-order chi connectivity index (χ1) is 22.3. The molecule has 0 aromatic carbocycles. The van der Waals surface area contributed by atoms with Crippen LogP contribution in [0.2, 0.25) is 0 Å². The zero-order valence-corrected chi connectivity index (χ0v) is 31.2. The molecule has 1 atom stereocenters. The lowest BCUT2D eigenvalue weighted by Gasteiger charge is -2.18. The summed E-state index contributed by atoms with van der Waals surface area (Å²) in [7, 11) is 0. The quantitative estimate of drug-likeness (QED) is 0.0493. The van der Waals surface area contributed by atoms with E-state index in [0.717, 1.165) is 26.1 Å². The lowest BCUT2D eigenvalue weighted by Crippen LogP contribution is -2.26. The minimum absolute atomic E-state index is 0.0438. The average Bonchev–Trinajstić information content (AvgIpc) is 3.05. The van der Waals surface area contributed by atoms with Crippen LogP contribution in [-0.2, 0) is 14.2 Å². The Morgan fingerprint density at radius 1 is 0.378 bits per heavy atom. The summed E-state index contributed by atoms with van der Waals surface area (Å²) in [5.41, 5.74) is 0. The smallest absolute Gasteiger partial charge is 0.104 e. The second-order valence-corrected chi connectivity index (χ2v) is 14.0. The second-order valence-electron chi connectivity index (χ2n) is 14.0. The summed E-state index contributed by atoms with van der Waals surface area (Å²) in [6.07, 6.45) is 46.6. The molecule has 0 saturated heterocycles. The zero-order valence-electron chi connectivity index (χ0n) is 31.2. The molecule has 0 rings (SSSR count). The van der Waals surface area contributed by atoms with Gasteiger partial charge in [-0.3, -0.25) is 0 Å². The molecule has 0 heterocycles. The fourth-order valence-electron chi connectivity index (χ4n) is 6.29. The molecule has 45 heavy (non-hydrogen) atoms. The fourth-order valence-corrected chi connectivity index (χ4v) is 6.29. The lowest BCUT2D eigenvalue weighted by atomic mass is 10.0. The van der Waals surface area contributed by atoms with Crippen LogP contribution in [0.15, 0.2) is 12.7 Å². The maximum absolute atomic E-state index is 6.16. The Labute approximate surface area is 284 Å². The van der Waals surface area contributed by atoms with Crippen molar-refractivity contribution in [2.45, 2.75) is 225 Å². The highest BCUT2D eigenvalue weighted by molar-refractivity contribution is 4.65. The molecule has 0 aromatic rings. The van der Waals surface area contributed by atoms with Gasteiger partial charge in [-0.05, 0) is 12.8 Å². The topological polar surface area (TPSA) is 27.7 Å². The van der Waals surface area contributed by atoms with Gasteiger partial charge in [0.2, 0.25) is 0 Å². The van der Waals surface area contributed by atoms with Gasteiger partial charge in [-0.2, -0.15) is 0 Å². The molecule has 0 N–H and O–H groups in total. The maximum atomic E-state index is 6.16. The Bertz CT molecular complexity index is 522. The molecule has 0 aliphatic heterocycles. The molecule has 0 amide bonds. The minimum atomic E-state index is 0.0438. The Hall–Kier alpha value is -0.380.